The van der Waals surface area contributed by atoms with Gasteiger partial charge >= 0.3 is 0 Å². The molecule has 2 rings (SSSR count). The molecule has 1 aliphatic rings. The fraction of sp³-hybridized carbons (Fsp3) is 0.545. The summed E-state index contributed by atoms with van der Waals surface area (Å²) >= 11 is 0. The Hall–Kier alpha value is -1.65. The van der Waals surface area contributed by atoms with Crippen LogP contribution in [0.2, 0.25) is 0 Å². The smallest absolute Gasteiger partial charge is 0.274 e. The highest BCUT2D eigenvalue weighted by Gasteiger charge is 2.24. The standard InChI is InChI=1S/C11H15N3O2/c1-8-4-2-3-7-14(8)11(16)9-5-6-10(15)13-12-9/h5-6,8H,2-4,7H2,1H3,(H,13,15)/t8-/m1/s1. The Bertz CT molecular complexity index is 421. The lowest BCUT2D eigenvalue weighted by molar-refractivity contribution is 0.0628. The van der Waals surface area contributed by atoms with Crippen LogP contribution in [-0.2, 0) is 0 Å². The highest BCUT2D eigenvalue weighted by atomic mass is 16.2. The number of aromatic nitrogens is 2. The molecule has 1 aliphatic heterocycles. The van der Waals surface area contributed by atoms with E-state index in [1.807, 2.05) is 11.8 Å². The molecule has 5 nitrogen and oxygen atoms in total. The fourth-order valence-electron chi connectivity index (χ4n) is 2.01. The molecule has 1 N–H and O–H groups in total. The summed E-state index contributed by atoms with van der Waals surface area (Å²) in [5.74, 6) is -0.0940. The molecule has 2 heterocycles. The topological polar surface area (TPSA) is 66.1 Å². The Kier molecular flexibility index (Phi) is 3.03. The van der Waals surface area contributed by atoms with Crippen molar-refractivity contribution in [1.29, 1.82) is 0 Å². The Morgan fingerprint density at radius 3 is 2.94 bits per heavy atom. The number of rotatable bonds is 1. The molecule has 0 bridgehead atoms. The SMILES string of the molecule is C[C@@H]1CCCCN1C(=O)c1ccc(=O)[nH]n1. The maximum absolute atomic E-state index is 12.1. The van der Waals surface area contributed by atoms with E-state index in [-0.39, 0.29) is 17.5 Å². The summed E-state index contributed by atoms with van der Waals surface area (Å²) < 4.78 is 0. The number of amides is 1. The summed E-state index contributed by atoms with van der Waals surface area (Å²) in [6, 6.07) is 3.06. The van der Waals surface area contributed by atoms with E-state index in [1.54, 1.807) is 0 Å². The van der Waals surface area contributed by atoms with E-state index in [2.05, 4.69) is 10.2 Å². The van der Waals surface area contributed by atoms with Crippen molar-refractivity contribution in [3.63, 3.8) is 0 Å². The number of aromatic amines is 1. The molecule has 1 amide bonds. The first-order valence-corrected chi connectivity index (χ1v) is 5.55. The summed E-state index contributed by atoms with van der Waals surface area (Å²) in [6.45, 7) is 2.82. The lowest BCUT2D eigenvalue weighted by atomic mass is 10.0. The van der Waals surface area contributed by atoms with Gasteiger partial charge in [-0.2, -0.15) is 5.10 Å². The molecule has 0 spiro atoms. The Morgan fingerprint density at radius 1 is 1.50 bits per heavy atom. The lowest BCUT2D eigenvalue weighted by Crippen LogP contribution is -2.42. The average molecular weight is 221 g/mol. The van der Waals surface area contributed by atoms with Crippen LogP contribution in [0, 0.1) is 0 Å². The number of nitrogens with zero attached hydrogens (tertiary/aromatic N) is 2. The zero-order valence-corrected chi connectivity index (χ0v) is 9.27. The van der Waals surface area contributed by atoms with Gasteiger partial charge in [0, 0.05) is 18.7 Å². The zero-order valence-electron chi connectivity index (χ0n) is 9.27. The van der Waals surface area contributed by atoms with E-state index in [1.165, 1.54) is 18.6 Å². The van der Waals surface area contributed by atoms with Gasteiger partial charge in [-0.15, -0.1) is 0 Å². The molecule has 1 atom stereocenters. The highest BCUT2D eigenvalue weighted by molar-refractivity contribution is 5.92. The Morgan fingerprint density at radius 2 is 2.31 bits per heavy atom. The monoisotopic (exact) mass is 221 g/mol. The zero-order chi connectivity index (χ0) is 11.5. The summed E-state index contributed by atoms with van der Waals surface area (Å²) in [5, 5.41) is 6.04. The van der Waals surface area contributed by atoms with Crippen LogP contribution in [0.1, 0.15) is 36.7 Å². The van der Waals surface area contributed by atoms with Gasteiger partial charge in [-0.25, -0.2) is 5.10 Å². The third kappa shape index (κ3) is 2.13. The van der Waals surface area contributed by atoms with Gasteiger partial charge in [0.15, 0.2) is 0 Å². The van der Waals surface area contributed by atoms with Crippen molar-refractivity contribution in [1.82, 2.24) is 15.1 Å². The van der Waals surface area contributed by atoms with Gasteiger partial charge in [-0.05, 0) is 32.3 Å². The minimum absolute atomic E-state index is 0.0940. The molecular weight excluding hydrogens is 206 g/mol. The van der Waals surface area contributed by atoms with Gasteiger partial charge in [-0.3, -0.25) is 9.59 Å². The molecular formula is C11H15N3O2. The fourth-order valence-corrected chi connectivity index (χ4v) is 2.01. The van der Waals surface area contributed by atoms with Gasteiger partial charge in [0.05, 0.1) is 0 Å². The van der Waals surface area contributed by atoms with Crippen molar-refractivity contribution in [2.45, 2.75) is 32.2 Å². The van der Waals surface area contributed by atoms with Gasteiger partial charge in [-0.1, -0.05) is 0 Å². The van der Waals surface area contributed by atoms with Gasteiger partial charge < -0.3 is 4.90 Å². The van der Waals surface area contributed by atoms with Crippen LogP contribution >= 0.6 is 0 Å². The van der Waals surface area contributed by atoms with Crippen molar-refractivity contribution in [2.24, 2.45) is 0 Å². The molecule has 1 saturated heterocycles. The van der Waals surface area contributed by atoms with Crippen LogP contribution in [0.3, 0.4) is 0 Å². The number of nitrogens with one attached hydrogen (secondary N) is 1. The van der Waals surface area contributed by atoms with Gasteiger partial charge in [0.2, 0.25) is 0 Å². The predicted octanol–water partition coefficient (Wildman–Crippen LogP) is 0.784. The van der Waals surface area contributed by atoms with Crippen LogP contribution in [0.25, 0.3) is 0 Å². The third-order valence-corrected chi connectivity index (χ3v) is 2.96. The largest absolute Gasteiger partial charge is 0.335 e. The van der Waals surface area contributed by atoms with E-state index >= 15 is 0 Å². The van der Waals surface area contributed by atoms with E-state index in [0.29, 0.717) is 5.69 Å². The number of hydrogen-bond acceptors (Lipinski definition) is 3. The van der Waals surface area contributed by atoms with E-state index in [4.69, 9.17) is 0 Å². The second kappa shape index (κ2) is 4.47. The first kappa shape index (κ1) is 10.9. The third-order valence-electron chi connectivity index (χ3n) is 2.96. The number of piperidine rings is 1. The number of likely N-dealkylation sites (tertiary alicyclic amines) is 1. The Labute approximate surface area is 93.5 Å². The first-order valence-electron chi connectivity index (χ1n) is 5.55. The van der Waals surface area contributed by atoms with Gasteiger partial charge in [0.25, 0.3) is 11.5 Å². The average Bonchev–Trinajstić information content (AvgIpc) is 2.30. The van der Waals surface area contributed by atoms with Crippen molar-refractivity contribution < 1.29 is 4.79 Å². The molecule has 0 saturated carbocycles. The number of H-pyrrole nitrogens is 1. The van der Waals surface area contributed by atoms with E-state index < -0.39 is 0 Å². The quantitative estimate of drug-likeness (QED) is 0.762. The number of hydrogen-bond donors (Lipinski definition) is 1. The van der Waals surface area contributed by atoms with Crippen LogP contribution < -0.4 is 5.56 Å². The summed E-state index contributed by atoms with van der Waals surface area (Å²) in [4.78, 5) is 24.7. The van der Waals surface area contributed by atoms with Crippen molar-refractivity contribution in [3.05, 3.63) is 28.2 Å². The minimum atomic E-state index is -0.289. The van der Waals surface area contributed by atoms with Crippen LogP contribution in [0.5, 0.6) is 0 Å². The lowest BCUT2D eigenvalue weighted by Gasteiger charge is -2.32. The summed E-state index contributed by atoms with van der Waals surface area (Å²) in [6.07, 6.45) is 3.25. The molecule has 0 aliphatic carbocycles. The van der Waals surface area contributed by atoms with E-state index in [9.17, 15) is 9.59 Å². The number of carbonyl (C=O) groups is 1. The maximum Gasteiger partial charge on any atom is 0.274 e. The molecule has 1 aromatic heterocycles. The summed E-state index contributed by atoms with van der Waals surface area (Å²) in [7, 11) is 0. The molecule has 0 unspecified atom stereocenters. The second-order valence-electron chi connectivity index (χ2n) is 4.15. The van der Waals surface area contributed by atoms with Crippen LogP contribution in [0.15, 0.2) is 16.9 Å². The van der Waals surface area contributed by atoms with Crippen LogP contribution in [-0.4, -0.2) is 33.6 Å². The molecule has 16 heavy (non-hydrogen) atoms. The molecule has 5 heteroatoms. The maximum atomic E-state index is 12.1. The normalized spacial score (nSPS) is 20.8. The van der Waals surface area contributed by atoms with Crippen molar-refractivity contribution in [2.75, 3.05) is 6.54 Å². The van der Waals surface area contributed by atoms with Crippen molar-refractivity contribution >= 4 is 5.91 Å². The molecule has 0 radical (unpaired) electrons. The number of carbonyl (C=O) groups excluding carboxylic acids is 1. The Balaban J connectivity index is 2.17. The van der Waals surface area contributed by atoms with Crippen molar-refractivity contribution in [3.8, 4) is 0 Å². The predicted molar refractivity (Wildman–Crippen MR) is 59.2 cm³/mol. The van der Waals surface area contributed by atoms with Gasteiger partial charge in [0.1, 0.15) is 5.69 Å². The highest BCUT2D eigenvalue weighted by Crippen LogP contribution is 2.17. The first-order chi connectivity index (χ1) is 7.68. The second-order valence-corrected chi connectivity index (χ2v) is 4.15. The van der Waals surface area contributed by atoms with Crippen LogP contribution in [0.4, 0.5) is 0 Å². The summed E-state index contributed by atoms with van der Waals surface area (Å²) in [5.41, 5.74) is 0.0246. The van der Waals surface area contributed by atoms with E-state index in [0.717, 1.165) is 19.4 Å². The minimum Gasteiger partial charge on any atom is -0.335 e. The molecule has 0 aromatic carbocycles. The molecule has 1 fully saturated rings. The molecule has 1 aromatic rings. The molecule has 86 valence electrons.